The van der Waals surface area contributed by atoms with Gasteiger partial charge in [0.1, 0.15) is 6.54 Å². The average Bonchev–Trinajstić information content (AvgIpc) is 2.91. The van der Waals surface area contributed by atoms with Gasteiger partial charge in [-0.05, 0) is 12.1 Å². The number of amides is 1. The number of hydrogen-bond acceptors (Lipinski definition) is 4. The standard InChI is InChI=1S/C14H15N3O4/c18-14(15-6-8-21-9-7-15)10-16-5-4-11-12(16)2-1-3-13(11)17(19)20/h1-5H,6-10H2. The number of rotatable bonds is 3. The van der Waals surface area contributed by atoms with E-state index in [1.54, 1.807) is 33.9 Å². The molecule has 0 spiro atoms. The fourth-order valence-electron chi connectivity index (χ4n) is 2.56. The van der Waals surface area contributed by atoms with E-state index in [9.17, 15) is 14.9 Å². The molecule has 0 unspecified atom stereocenters. The minimum atomic E-state index is -0.406. The van der Waals surface area contributed by atoms with E-state index < -0.39 is 4.92 Å². The Morgan fingerprint density at radius 2 is 2.05 bits per heavy atom. The summed E-state index contributed by atoms with van der Waals surface area (Å²) in [6.45, 7) is 2.49. The molecule has 1 aliphatic rings. The number of carbonyl (C=O) groups excluding carboxylic acids is 1. The Morgan fingerprint density at radius 1 is 1.29 bits per heavy atom. The summed E-state index contributed by atoms with van der Waals surface area (Å²) < 4.78 is 6.97. The van der Waals surface area contributed by atoms with Crippen molar-refractivity contribution in [2.24, 2.45) is 0 Å². The third kappa shape index (κ3) is 2.59. The molecule has 1 aromatic carbocycles. The van der Waals surface area contributed by atoms with Gasteiger partial charge in [-0.1, -0.05) is 6.07 Å². The molecule has 1 amide bonds. The molecule has 0 aliphatic carbocycles. The summed E-state index contributed by atoms with van der Waals surface area (Å²) in [5, 5.41) is 11.6. The largest absolute Gasteiger partial charge is 0.378 e. The van der Waals surface area contributed by atoms with Crippen LogP contribution in [0.5, 0.6) is 0 Å². The van der Waals surface area contributed by atoms with Gasteiger partial charge in [0.2, 0.25) is 5.91 Å². The maximum atomic E-state index is 12.2. The van der Waals surface area contributed by atoms with Gasteiger partial charge in [0.25, 0.3) is 5.69 Å². The number of nitro benzene ring substituents is 1. The SMILES string of the molecule is O=C(Cn1ccc2c([N+](=O)[O-])cccc21)N1CCOCC1. The fraction of sp³-hybridized carbons (Fsp3) is 0.357. The minimum Gasteiger partial charge on any atom is -0.378 e. The Bertz CT molecular complexity index is 689. The minimum absolute atomic E-state index is 0.00214. The van der Waals surface area contributed by atoms with Gasteiger partial charge in [0, 0.05) is 25.4 Å². The van der Waals surface area contributed by atoms with Crippen molar-refractivity contribution in [1.29, 1.82) is 0 Å². The first-order valence-electron chi connectivity index (χ1n) is 6.74. The predicted molar refractivity (Wildman–Crippen MR) is 76.0 cm³/mol. The van der Waals surface area contributed by atoms with Crippen molar-refractivity contribution < 1.29 is 14.5 Å². The van der Waals surface area contributed by atoms with Crippen LogP contribution in [0.4, 0.5) is 5.69 Å². The van der Waals surface area contributed by atoms with Crippen molar-refractivity contribution in [3.05, 3.63) is 40.6 Å². The quantitative estimate of drug-likeness (QED) is 0.632. The Labute approximate surface area is 120 Å². The molecule has 2 heterocycles. The highest BCUT2D eigenvalue weighted by Gasteiger charge is 2.19. The van der Waals surface area contributed by atoms with Crippen LogP contribution in [0.15, 0.2) is 30.5 Å². The summed E-state index contributed by atoms with van der Waals surface area (Å²) in [6, 6.07) is 6.57. The number of nitro groups is 1. The van der Waals surface area contributed by atoms with Crippen LogP contribution < -0.4 is 0 Å². The molecule has 2 aromatic rings. The van der Waals surface area contributed by atoms with Crippen LogP contribution >= 0.6 is 0 Å². The highest BCUT2D eigenvalue weighted by molar-refractivity contribution is 5.90. The van der Waals surface area contributed by atoms with E-state index >= 15 is 0 Å². The summed E-state index contributed by atoms with van der Waals surface area (Å²) in [6.07, 6.45) is 1.72. The smallest absolute Gasteiger partial charge is 0.278 e. The molecule has 1 saturated heterocycles. The van der Waals surface area contributed by atoms with Gasteiger partial charge in [-0.15, -0.1) is 0 Å². The van der Waals surface area contributed by atoms with E-state index in [2.05, 4.69) is 0 Å². The lowest BCUT2D eigenvalue weighted by Crippen LogP contribution is -2.42. The first-order valence-corrected chi connectivity index (χ1v) is 6.74. The number of aromatic nitrogens is 1. The second-order valence-electron chi connectivity index (χ2n) is 4.90. The van der Waals surface area contributed by atoms with Crippen molar-refractivity contribution in [3.63, 3.8) is 0 Å². The lowest BCUT2D eigenvalue weighted by molar-refractivity contribution is -0.383. The van der Waals surface area contributed by atoms with Gasteiger partial charge in [-0.25, -0.2) is 0 Å². The van der Waals surface area contributed by atoms with Crippen LogP contribution in [0.2, 0.25) is 0 Å². The van der Waals surface area contributed by atoms with Crippen molar-refractivity contribution in [1.82, 2.24) is 9.47 Å². The Hall–Kier alpha value is -2.41. The number of hydrogen-bond donors (Lipinski definition) is 0. The molecular formula is C14H15N3O4. The van der Waals surface area contributed by atoms with Crippen LogP contribution in [-0.2, 0) is 16.1 Å². The molecule has 1 aliphatic heterocycles. The zero-order valence-electron chi connectivity index (χ0n) is 11.4. The third-order valence-corrected chi connectivity index (χ3v) is 3.66. The molecule has 0 N–H and O–H groups in total. The number of ether oxygens (including phenoxy) is 1. The molecule has 7 nitrogen and oxygen atoms in total. The van der Waals surface area contributed by atoms with E-state index in [4.69, 9.17) is 4.74 Å². The van der Waals surface area contributed by atoms with Crippen molar-refractivity contribution in [3.8, 4) is 0 Å². The van der Waals surface area contributed by atoms with E-state index in [1.165, 1.54) is 6.07 Å². The zero-order chi connectivity index (χ0) is 14.8. The number of fused-ring (bicyclic) bond motifs is 1. The molecule has 0 bridgehead atoms. The molecule has 0 radical (unpaired) electrons. The van der Waals surface area contributed by atoms with E-state index in [0.29, 0.717) is 37.2 Å². The first-order chi connectivity index (χ1) is 10.2. The van der Waals surface area contributed by atoms with Gasteiger partial charge in [0.15, 0.2) is 0 Å². The van der Waals surface area contributed by atoms with Crippen molar-refractivity contribution in [2.45, 2.75) is 6.54 Å². The van der Waals surface area contributed by atoms with Crippen LogP contribution in [0.3, 0.4) is 0 Å². The summed E-state index contributed by atoms with van der Waals surface area (Å²) >= 11 is 0. The highest BCUT2D eigenvalue weighted by Crippen LogP contribution is 2.26. The van der Waals surface area contributed by atoms with Gasteiger partial charge >= 0.3 is 0 Å². The van der Waals surface area contributed by atoms with E-state index in [-0.39, 0.29) is 18.1 Å². The molecule has 1 aromatic heterocycles. The molecular weight excluding hydrogens is 274 g/mol. The maximum absolute atomic E-state index is 12.2. The van der Waals surface area contributed by atoms with Gasteiger partial charge in [-0.3, -0.25) is 14.9 Å². The average molecular weight is 289 g/mol. The summed E-state index contributed by atoms with van der Waals surface area (Å²) in [5.74, 6) is 0.00214. The normalized spacial score (nSPS) is 15.3. The van der Waals surface area contributed by atoms with Gasteiger partial charge in [0.05, 0.1) is 29.0 Å². The van der Waals surface area contributed by atoms with Crippen LogP contribution in [0.25, 0.3) is 10.9 Å². The zero-order valence-corrected chi connectivity index (χ0v) is 11.4. The Morgan fingerprint density at radius 3 is 2.76 bits per heavy atom. The Kier molecular flexibility index (Phi) is 3.57. The van der Waals surface area contributed by atoms with Gasteiger partial charge in [-0.2, -0.15) is 0 Å². The second-order valence-corrected chi connectivity index (χ2v) is 4.90. The predicted octanol–water partition coefficient (Wildman–Crippen LogP) is 1.41. The van der Waals surface area contributed by atoms with E-state index in [1.807, 2.05) is 0 Å². The molecule has 21 heavy (non-hydrogen) atoms. The molecule has 7 heteroatoms. The lowest BCUT2D eigenvalue weighted by atomic mass is 10.2. The number of nitrogens with zero attached hydrogens (tertiary/aromatic N) is 3. The monoisotopic (exact) mass is 289 g/mol. The number of carbonyl (C=O) groups is 1. The Balaban J connectivity index is 1.86. The highest BCUT2D eigenvalue weighted by atomic mass is 16.6. The van der Waals surface area contributed by atoms with Crippen molar-refractivity contribution >= 4 is 22.5 Å². The third-order valence-electron chi connectivity index (χ3n) is 3.66. The number of morpholine rings is 1. The molecule has 3 rings (SSSR count). The molecule has 0 atom stereocenters. The van der Waals surface area contributed by atoms with Crippen LogP contribution in [-0.4, -0.2) is 46.6 Å². The van der Waals surface area contributed by atoms with Gasteiger partial charge < -0.3 is 14.2 Å². The van der Waals surface area contributed by atoms with E-state index in [0.717, 1.165) is 0 Å². The fourth-order valence-corrected chi connectivity index (χ4v) is 2.56. The van der Waals surface area contributed by atoms with Crippen molar-refractivity contribution in [2.75, 3.05) is 26.3 Å². The summed E-state index contributed by atoms with van der Waals surface area (Å²) in [5.41, 5.74) is 0.760. The maximum Gasteiger partial charge on any atom is 0.278 e. The first kappa shape index (κ1) is 13.6. The lowest BCUT2D eigenvalue weighted by Gasteiger charge is -2.27. The number of benzene rings is 1. The molecule has 110 valence electrons. The van der Waals surface area contributed by atoms with Crippen LogP contribution in [0, 0.1) is 10.1 Å². The summed E-state index contributed by atoms with van der Waals surface area (Å²) in [4.78, 5) is 24.6. The number of non-ortho nitro benzene ring substituents is 1. The molecule has 0 saturated carbocycles. The topological polar surface area (TPSA) is 77.6 Å². The van der Waals surface area contributed by atoms with Crippen LogP contribution in [0.1, 0.15) is 0 Å². The summed E-state index contributed by atoms with van der Waals surface area (Å²) in [7, 11) is 0. The second kappa shape index (κ2) is 5.53. The molecule has 1 fully saturated rings.